The topological polar surface area (TPSA) is 35.6 Å². The Morgan fingerprint density at radius 3 is 2.46 bits per heavy atom. The van der Waals surface area contributed by atoms with Crippen molar-refractivity contribution in [3.8, 4) is 0 Å². The third-order valence-corrected chi connectivity index (χ3v) is 4.60. The van der Waals surface area contributed by atoms with E-state index >= 15 is 0 Å². The van der Waals surface area contributed by atoms with Gasteiger partial charge in [0.1, 0.15) is 0 Å². The zero-order chi connectivity index (χ0) is 16.9. The molecule has 24 heavy (non-hydrogen) atoms. The van der Waals surface area contributed by atoms with Crippen molar-refractivity contribution in [1.29, 1.82) is 0 Å². The molecule has 1 unspecified atom stereocenters. The standard InChI is InChI=1S/C20H25N3O/c1-16(24)21-19-10-8-17(9-11-19)14-23-13-12-22(2)20(15-23)18-6-4-3-5-7-18/h3-11,20H,12-15H2,1-2H3,(H,21,24). The molecule has 2 aromatic rings. The second-order valence-corrected chi connectivity index (χ2v) is 6.52. The largest absolute Gasteiger partial charge is 0.326 e. The maximum absolute atomic E-state index is 11.1. The fourth-order valence-electron chi connectivity index (χ4n) is 3.26. The molecule has 1 aliphatic rings. The second-order valence-electron chi connectivity index (χ2n) is 6.52. The van der Waals surface area contributed by atoms with Crippen LogP contribution in [0.15, 0.2) is 54.6 Å². The summed E-state index contributed by atoms with van der Waals surface area (Å²) in [5.41, 5.74) is 3.51. The van der Waals surface area contributed by atoms with Gasteiger partial charge in [0.05, 0.1) is 0 Å². The molecule has 3 rings (SSSR count). The van der Waals surface area contributed by atoms with E-state index in [9.17, 15) is 4.79 Å². The molecule has 0 aliphatic carbocycles. The minimum absolute atomic E-state index is 0.0347. The number of rotatable bonds is 4. The summed E-state index contributed by atoms with van der Waals surface area (Å²) < 4.78 is 0. The zero-order valence-corrected chi connectivity index (χ0v) is 14.4. The van der Waals surface area contributed by atoms with Crippen molar-refractivity contribution >= 4 is 11.6 Å². The lowest BCUT2D eigenvalue weighted by Gasteiger charge is -2.39. The number of nitrogens with zero attached hydrogens (tertiary/aromatic N) is 2. The first kappa shape index (κ1) is 16.7. The van der Waals surface area contributed by atoms with Crippen LogP contribution in [0.2, 0.25) is 0 Å². The molecule has 1 N–H and O–H groups in total. The van der Waals surface area contributed by atoms with Crippen LogP contribution in [-0.2, 0) is 11.3 Å². The summed E-state index contributed by atoms with van der Waals surface area (Å²) in [6.45, 7) is 5.66. The Morgan fingerprint density at radius 1 is 1.08 bits per heavy atom. The highest BCUT2D eigenvalue weighted by atomic mass is 16.1. The predicted molar refractivity (Wildman–Crippen MR) is 97.8 cm³/mol. The summed E-state index contributed by atoms with van der Waals surface area (Å²) in [6, 6.07) is 19.3. The number of carbonyl (C=O) groups excluding carboxylic acids is 1. The fraction of sp³-hybridized carbons (Fsp3) is 0.350. The van der Waals surface area contributed by atoms with Crippen molar-refractivity contribution in [3.05, 3.63) is 65.7 Å². The average molecular weight is 323 g/mol. The number of likely N-dealkylation sites (N-methyl/N-ethyl adjacent to an activating group) is 1. The summed E-state index contributed by atoms with van der Waals surface area (Å²) in [7, 11) is 2.21. The molecule has 1 heterocycles. The SMILES string of the molecule is CC(=O)Nc1ccc(CN2CCN(C)C(c3ccccc3)C2)cc1. The van der Waals surface area contributed by atoms with Crippen LogP contribution >= 0.6 is 0 Å². The van der Waals surface area contributed by atoms with E-state index in [4.69, 9.17) is 0 Å². The molecule has 1 amide bonds. The van der Waals surface area contributed by atoms with Crippen molar-refractivity contribution in [2.75, 3.05) is 32.0 Å². The Labute approximate surface area is 144 Å². The molecular formula is C20H25N3O. The van der Waals surface area contributed by atoms with Gasteiger partial charge < -0.3 is 5.32 Å². The quantitative estimate of drug-likeness (QED) is 0.939. The number of hydrogen-bond donors (Lipinski definition) is 1. The Morgan fingerprint density at radius 2 is 1.79 bits per heavy atom. The van der Waals surface area contributed by atoms with E-state index in [-0.39, 0.29) is 5.91 Å². The molecular weight excluding hydrogens is 298 g/mol. The van der Waals surface area contributed by atoms with E-state index in [1.165, 1.54) is 18.1 Å². The highest BCUT2D eigenvalue weighted by Crippen LogP contribution is 2.25. The van der Waals surface area contributed by atoms with E-state index < -0.39 is 0 Å². The molecule has 1 aliphatic heterocycles. The molecule has 0 radical (unpaired) electrons. The van der Waals surface area contributed by atoms with Crippen LogP contribution in [0.1, 0.15) is 24.1 Å². The first-order valence-electron chi connectivity index (χ1n) is 8.46. The van der Waals surface area contributed by atoms with Crippen LogP contribution in [0.25, 0.3) is 0 Å². The van der Waals surface area contributed by atoms with Crippen LogP contribution < -0.4 is 5.32 Å². The van der Waals surface area contributed by atoms with Crippen LogP contribution in [0.5, 0.6) is 0 Å². The van der Waals surface area contributed by atoms with Gasteiger partial charge in [-0.05, 0) is 30.3 Å². The van der Waals surface area contributed by atoms with Crippen molar-refractivity contribution in [2.24, 2.45) is 0 Å². The molecule has 0 bridgehead atoms. The molecule has 4 nitrogen and oxygen atoms in total. The van der Waals surface area contributed by atoms with Crippen molar-refractivity contribution < 1.29 is 4.79 Å². The van der Waals surface area contributed by atoms with Gasteiger partial charge in [0.25, 0.3) is 0 Å². The van der Waals surface area contributed by atoms with E-state index in [1.54, 1.807) is 0 Å². The number of benzene rings is 2. The second kappa shape index (κ2) is 7.60. The summed E-state index contributed by atoms with van der Waals surface area (Å²) in [4.78, 5) is 16.0. The van der Waals surface area contributed by atoms with Gasteiger partial charge in [-0.15, -0.1) is 0 Å². The molecule has 0 aromatic heterocycles. The van der Waals surface area contributed by atoms with Crippen molar-refractivity contribution in [1.82, 2.24) is 9.80 Å². The Balaban J connectivity index is 1.64. The number of nitrogens with one attached hydrogen (secondary N) is 1. The van der Waals surface area contributed by atoms with Gasteiger partial charge in [-0.25, -0.2) is 0 Å². The molecule has 1 saturated heterocycles. The first-order chi connectivity index (χ1) is 11.6. The van der Waals surface area contributed by atoms with Gasteiger partial charge in [0.2, 0.25) is 5.91 Å². The van der Waals surface area contributed by atoms with E-state index in [0.29, 0.717) is 6.04 Å². The van der Waals surface area contributed by atoms with Crippen molar-refractivity contribution in [3.63, 3.8) is 0 Å². The van der Waals surface area contributed by atoms with Gasteiger partial charge in [0, 0.05) is 44.8 Å². The summed E-state index contributed by atoms with van der Waals surface area (Å²) in [5.74, 6) is -0.0347. The minimum Gasteiger partial charge on any atom is -0.326 e. The Hall–Kier alpha value is -2.17. The zero-order valence-electron chi connectivity index (χ0n) is 14.4. The van der Waals surface area contributed by atoms with E-state index in [0.717, 1.165) is 31.9 Å². The van der Waals surface area contributed by atoms with Crippen LogP contribution in [0.4, 0.5) is 5.69 Å². The van der Waals surface area contributed by atoms with Gasteiger partial charge in [-0.1, -0.05) is 42.5 Å². The first-order valence-corrected chi connectivity index (χ1v) is 8.46. The molecule has 0 spiro atoms. The molecule has 1 fully saturated rings. The van der Waals surface area contributed by atoms with E-state index in [2.05, 4.69) is 64.6 Å². The Bertz CT molecular complexity index is 669. The molecule has 0 saturated carbocycles. The smallest absolute Gasteiger partial charge is 0.221 e. The van der Waals surface area contributed by atoms with Gasteiger partial charge in [-0.3, -0.25) is 14.6 Å². The lowest BCUT2D eigenvalue weighted by molar-refractivity contribution is -0.114. The maximum atomic E-state index is 11.1. The highest BCUT2D eigenvalue weighted by molar-refractivity contribution is 5.88. The average Bonchev–Trinajstić information content (AvgIpc) is 2.59. The van der Waals surface area contributed by atoms with Gasteiger partial charge in [-0.2, -0.15) is 0 Å². The number of piperazine rings is 1. The highest BCUT2D eigenvalue weighted by Gasteiger charge is 2.25. The number of anilines is 1. The summed E-state index contributed by atoms with van der Waals surface area (Å²) >= 11 is 0. The molecule has 2 aromatic carbocycles. The van der Waals surface area contributed by atoms with Crippen LogP contribution in [0.3, 0.4) is 0 Å². The summed E-state index contributed by atoms with van der Waals surface area (Å²) in [6.07, 6.45) is 0. The lowest BCUT2D eigenvalue weighted by Crippen LogP contribution is -2.46. The normalized spacial score (nSPS) is 19.2. The van der Waals surface area contributed by atoms with Gasteiger partial charge in [0.15, 0.2) is 0 Å². The minimum atomic E-state index is -0.0347. The fourth-order valence-corrected chi connectivity index (χ4v) is 3.26. The third kappa shape index (κ3) is 4.22. The van der Waals surface area contributed by atoms with Crippen LogP contribution in [0, 0.1) is 0 Å². The number of hydrogen-bond acceptors (Lipinski definition) is 3. The molecule has 126 valence electrons. The number of amides is 1. The maximum Gasteiger partial charge on any atom is 0.221 e. The van der Waals surface area contributed by atoms with E-state index in [1.807, 2.05) is 12.1 Å². The Kier molecular flexibility index (Phi) is 5.28. The molecule has 1 atom stereocenters. The number of carbonyl (C=O) groups is 1. The third-order valence-electron chi connectivity index (χ3n) is 4.60. The molecule has 4 heteroatoms. The van der Waals surface area contributed by atoms with Crippen molar-refractivity contribution in [2.45, 2.75) is 19.5 Å². The van der Waals surface area contributed by atoms with Crippen LogP contribution in [-0.4, -0.2) is 42.4 Å². The summed E-state index contributed by atoms with van der Waals surface area (Å²) in [5, 5.41) is 2.81. The van der Waals surface area contributed by atoms with Gasteiger partial charge >= 0.3 is 0 Å². The lowest BCUT2D eigenvalue weighted by atomic mass is 10.0. The monoisotopic (exact) mass is 323 g/mol. The predicted octanol–water partition coefficient (Wildman–Crippen LogP) is 3.13.